The zero-order valence-corrected chi connectivity index (χ0v) is 13.9. The zero-order valence-electron chi connectivity index (χ0n) is 13.9. The molecule has 4 heteroatoms. The molecule has 118 valence electrons. The summed E-state index contributed by atoms with van der Waals surface area (Å²) in [5, 5.41) is 0. The molecule has 0 spiro atoms. The molecule has 0 aromatic rings. The van der Waals surface area contributed by atoms with Gasteiger partial charge in [0.25, 0.3) is 0 Å². The van der Waals surface area contributed by atoms with Crippen molar-refractivity contribution < 1.29 is 13.7 Å². The highest BCUT2D eigenvalue weighted by Crippen LogP contribution is 2.45. The highest BCUT2D eigenvalue weighted by atomic mass is 19.1. The van der Waals surface area contributed by atoms with Gasteiger partial charge in [-0.25, -0.2) is 4.39 Å². The van der Waals surface area contributed by atoms with E-state index in [2.05, 4.69) is 0 Å². The minimum atomic E-state index is -0.801. The number of halogens is 1. The molecular weight excluding hydrogens is 266 g/mol. The van der Waals surface area contributed by atoms with E-state index in [0.717, 1.165) is 30.8 Å². The Hall–Kier alpha value is -0.345. The Kier molecular flexibility index (Phi) is 3.98. The quantitative estimate of drug-likeness (QED) is 0.694. The second-order valence-corrected chi connectivity index (χ2v) is 8.08. The molecule has 1 heterocycles. The minimum absolute atomic E-state index is 0.126. The fourth-order valence-electron chi connectivity index (χ4n) is 3.51. The first kappa shape index (κ1) is 15.5. The van der Waals surface area contributed by atoms with E-state index in [0.29, 0.717) is 5.92 Å². The Balaban J connectivity index is 1.79. The SMILES string of the molecule is CC1(C)OB(C(F)=C2CCCCC2CC2CC2)OC1(C)C. The Morgan fingerprint density at radius 1 is 1.10 bits per heavy atom. The predicted octanol–water partition coefficient (Wildman–Crippen LogP) is 4.83. The maximum Gasteiger partial charge on any atom is 0.525 e. The van der Waals surface area contributed by atoms with Gasteiger partial charge in [0, 0.05) is 0 Å². The molecule has 2 saturated carbocycles. The molecule has 3 aliphatic rings. The molecule has 0 radical (unpaired) electrons. The van der Waals surface area contributed by atoms with Crippen LogP contribution in [0.4, 0.5) is 4.39 Å². The van der Waals surface area contributed by atoms with Crippen molar-refractivity contribution in [2.45, 2.75) is 83.8 Å². The van der Waals surface area contributed by atoms with Crippen molar-refractivity contribution in [3.63, 3.8) is 0 Å². The largest absolute Gasteiger partial charge is 0.525 e. The van der Waals surface area contributed by atoms with Gasteiger partial charge in [0.05, 0.1) is 11.2 Å². The molecule has 0 amide bonds. The Bertz CT molecular complexity index is 424. The molecule has 3 rings (SSSR count). The molecule has 0 aromatic heterocycles. The molecule has 1 atom stereocenters. The average molecular weight is 294 g/mol. The average Bonchev–Trinajstić information content (AvgIpc) is 3.17. The normalized spacial score (nSPS) is 34.1. The molecule has 0 aromatic carbocycles. The molecule has 0 N–H and O–H groups in total. The number of allylic oxidation sites excluding steroid dienone is 1. The van der Waals surface area contributed by atoms with E-state index in [-0.39, 0.29) is 5.73 Å². The van der Waals surface area contributed by atoms with E-state index in [1.807, 2.05) is 27.7 Å². The fraction of sp³-hybridized carbons (Fsp3) is 0.882. The standard InChI is InChI=1S/C17H28BFO2/c1-16(2)17(3,4)21-18(20-16)15(19)14-8-6-5-7-13(14)11-12-9-10-12/h12-13H,5-11H2,1-4H3. The maximum atomic E-state index is 15.0. The van der Waals surface area contributed by atoms with E-state index in [1.165, 1.54) is 25.7 Å². The predicted molar refractivity (Wildman–Crippen MR) is 83.5 cm³/mol. The van der Waals surface area contributed by atoms with Gasteiger partial charge in [-0.1, -0.05) is 19.3 Å². The van der Waals surface area contributed by atoms with Crippen molar-refractivity contribution in [1.82, 2.24) is 0 Å². The summed E-state index contributed by atoms with van der Waals surface area (Å²) < 4.78 is 26.8. The van der Waals surface area contributed by atoms with Gasteiger partial charge in [0.15, 0.2) is 0 Å². The molecular formula is C17H28BFO2. The van der Waals surface area contributed by atoms with Gasteiger partial charge in [0.2, 0.25) is 0 Å². The molecule has 1 saturated heterocycles. The van der Waals surface area contributed by atoms with Crippen LogP contribution in [-0.2, 0) is 9.31 Å². The topological polar surface area (TPSA) is 18.5 Å². The van der Waals surface area contributed by atoms with Crippen LogP contribution in [0.1, 0.15) is 72.6 Å². The van der Waals surface area contributed by atoms with Crippen molar-refractivity contribution >= 4 is 7.12 Å². The number of hydrogen-bond donors (Lipinski definition) is 0. The van der Waals surface area contributed by atoms with Crippen LogP contribution in [0.2, 0.25) is 0 Å². The van der Waals surface area contributed by atoms with Gasteiger partial charge in [-0.05, 0) is 70.8 Å². The van der Waals surface area contributed by atoms with Crippen LogP contribution < -0.4 is 0 Å². The third-order valence-electron chi connectivity index (χ3n) is 5.82. The van der Waals surface area contributed by atoms with E-state index >= 15 is 4.39 Å². The van der Waals surface area contributed by atoms with Crippen LogP contribution in [0.25, 0.3) is 0 Å². The Morgan fingerprint density at radius 3 is 2.29 bits per heavy atom. The summed E-state index contributed by atoms with van der Waals surface area (Å²) in [5.74, 6) is 1.26. The first-order chi connectivity index (χ1) is 9.80. The van der Waals surface area contributed by atoms with Crippen LogP contribution >= 0.6 is 0 Å². The third-order valence-corrected chi connectivity index (χ3v) is 5.82. The second kappa shape index (κ2) is 5.38. The highest BCUT2D eigenvalue weighted by Gasteiger charge is 2.53. The van der Waals surface area contributed by atoms with Gasteiger partial charge in [-0.15, -0.1) is 0 Å². The van der Waals surface area contributed by atoms with E-state index < -0.39 is 18.3 Å². The minimum Gasteiger partial charge on any atom is -0.398 e. The molecule has 21 heavy (non-hydrogen) atoms. The van der Waals surface area contributed by atoms with Gasteiger partial charge < -0.3 is 9.31 Å². The third kappa shape index (κ3) is 3.07. The van der Waals surface area contributed by atoms with Crippen LogP contribution in [-0.4, -0.2) is 18.3 Å². The highest BCUT2D eigenvalue weighted by molar-refractivity contribution is 6.53. The monoisotopic (exact) mass is 294 g/mol. The van der Waals surface area contributed by atoms with E-state index in [4.69, 9.17) is 9.31 Å². The summed E-state index contributed by atoms with van der Waals surface area (Å²) in [7, 11) is -0.801. The number of hydrogen-bond acceptors (Lipinski definition) is 2. The summed E-state index contributed by atoms with van der Waals surface area (Å²) in [4.78, 5) is 0. The van der Waals surface area contributed by atoms with E-state index in [9.17, 15) is 0 Å². The van der Waals surface area contributed by atoms with Crippen LogP contribution in [0, 0.1) is 11.8 Å². The molecule has 2 aliphatic carbocycles. The van der Waals surface area contributed by atoms with Gasteiger partial charge in [-0.2, -0.15) is 0 Å². The molecule has 3 fully saturated rings. The van der Waals surface area contributed by atoms with Gasteiger partial charge in [0.1, 0.15) is 5.73 Å². The smallest absolute Gasteiger partial charge is 0.398 e. The lowest BCUT2D eigenvalue weighted by atomic mass is 9.74. The van der Waals surface area contributed by atoms with Crippen molar-refractivity contribution in [2.24, 2.45) is 11.8 Å². The van der Waals surface area contributed by atoms with Crippen LogP contribution in [0.3, 0.4) is 0 Å². The lowest BCUT2D eigenvalue weighted by Crippen LogP contribution is -2.41. The molecule has 0 bridgehead atoms. The maximum absolute atomic E-state index is 15.0. The Labute approximate surface area is 128 Å². The summed E-state index contributed by atoms with van der Waals surface area (Å²) >= 11 is 0. The van der Waals surface area contributed by atoms with E-state index in [1.54, 1.807) is 0 Å². The second-order valence-electron chi connectivity index (χ2n) is 8.08. The Morgan fingerprint density at radius 2 is 1.71 bits per heavy atom. The van der Waals surface area contributed by atoms with Crippen molar-refractivity contribution in [3.05, 3.63) is 11.3 Å². The van der Waals surface area contributed by atoms with Gasteiger partial charge in [-0.3, -0.25) is 0 Å². The molecule has 2 nitrogen and oxygen atoms in total. The first-order valence-electron chi connectivity index (χ1n) is 8.54. The summed E-state index contributed by atoms with van der Waals surface area (Å²) in [6.07, 6.45) is 8.19. The summed E-state index contributed by atoms with van der Waals surface area (Å²) in [6, 6.07) is 0. The van der Waals surface area contributed by atoms with Crippen molar-refractivity contribution in [3.8, 4) is 0 Å². The summed E-state index contributed by atoms with van der Waals surface area (Å²) in [5.41, 5.74) is -0.0578. The molecule has 1 aliphatic heterocycles. The summed E-state index contributed by atoms with van der Waals surface area (Å²) in [6.45, 7) is 7.92. The van der Waals surface area contributed by atoms with Crippen LogP contribution in [0.5, 0.6) is 0 Å². The number of rotatable bonds is 3. The lowest BCUT2D eigenvalue weighted by molar-refractivity contribution is 0.00578. The van der Waals surface area contributed by atoms with Crippen molar-refractivity contribution in [2.75, 3.05) is 0 Å². The fourth-order valence-corrected chi connectivity index (χ4v) is 3.51. The zero-order chi connectivity index (χ0) is 15.3. The lowest BCUT2D eigenvalue weighted by Gasteiger charge is -2.32. The van der Waals surface area contributed by atoms with Crippen molar-refractivity contribution in [1.29, 1.82) is 0 Å². The van der Waals surface area contributed by atoms with Crippen LogP contribution in [0.15, 0.2) is 11.3 Å². The molecule has 1 unspecified atom stereocenters. The van der Waals surface area contributed by atoms with Gasteiger partial charge >= 0.3 is 7.12 Å². The first-order valence-corrected chi connectivity index (χ1v) is 8.54.